The Morgan fingerprint density at radius 3 is 2.75 bits per heavy atom. The van der Waals surface area contributed by atoms with E-state index < -0.39 is 0 Å². The Morgan fingerprint density at radius 2 is 2.38 bits per heavy atom. The molecular formula is C6H11NO. The van der Waals surface area contributed by atoms with Crippen molar-refractivity contribution in [2.45, 2.75) is 18.9 Å². The van der Waals surface area contributed by atoms with E-state index in [0.29, 0.717) is 0 Å². The molecule has 0 aliphatic heterocycles. The number of nitrogens with two attached hydrogens (primary N) is 1. The van der Waals surface area contributed by atoms with Crippen molar-refractivity contribution in [1.82, 2.24) is 0 Å². The Hall–Kier alpha value is -0.340. The number of hydrogen-bond donors (Lipinski definition) is 2. The zero-order chi connectivity index (χ0) is 5.98. The van der Waals surface area contributed by atoms with Crippen molar-refractivity contribution in [3.8, 4) is 0 Å². The summed E-state index contributed by atoms with van der Waals surface area (Å²) in [5, 5.41) is 8.44. The van der Waals surface area contributed by atoms with E-state index in [1.807, 2.05) is 6.08 Å². The van der Waals surface area contributed by atoms with Gasteiger partial charge in [0, 0.05) is 6.04 Å². The van der Waals surface area contributed by atoms with Gasteiger partial charge in [0.05, 0.1) is 6.61 Å². The molecule has 0 heterocycles. The van der Waals surface area contributed by atoms with Gasteiger partial charge in [0.25, 0.3) is 0 Å². The first-order valence-corrected chi connectivity index (χ1v) is 2.89. The van der Waals surface area contributed by atoms with Gasteiger partial charge in [0.2, 0.25) is 0 Å². The van der Waals surface area contributed by atoms with Crippen LogP contribution in [0.1, 0.15) is 12.8 Å². The minimum absolute atomic E-state index is 0.0729. The maximum Gasteiger partial charge on any atom is 0.0618 e. The molecule has 2 nitrogen and oxygen atoms in total. The Kier molecular flexibility index (Phi) is 1.65. The molecule has 1 unspecified atom stereocenters. The predicted octanol–water partition coefficient (Wildman–Crippen LogP) is 0.0262. The van der Waals surface area contributed by atoms with Crippen LogP contribution in [0.15, 0.2) is 11.6 Å². The first-order chi connectivity index (χ1) is 3.83. The van der Waals surface area contributed by atoms with Crippen LogP contribution in [0.25, 0.3) is 0 Å². The molecule has 0 spiro atoms. The third kappa shape index (κ3) is 1.64. The molecule has 0 aromatic rings. The molecule has 1 aliphatic carbocycles. The van der Waals surface area contributed by atoms with Gasteiger partial charge in [-0.1, -0.05) is 11.6 Å². The lowest BCUT2D eigenvalue weighted by Gasteiger charge is -1.96. The van der Waals surface area contributed by atoms with E-state index >= 15 is 0 Å². The average molecular weight is 113 g/mol. The fourth-order valence-electron chi connectivity index (χ4n) is 0.594. The molecule has 0 saturated heterocycles. The first kappa shape index (κ1) is 5.79. The van der Waals surface area contributed by atoms with Crippen molar-refractivity contribution in [2.24, 2.45) is 5.73 Å². The van der Waals surface area contributed by atoms with Crippen LogP contribution >= 0.6 is 0 Å². The number of aliphatic hydroxyl groups is 1. The number of allylic oxidation sites excluding steroid dienone is 1. The van der Waals surface area contributed by atoms with Crippen LogP contribution < -0.4 is 5.73 Å². The summed E-state index contributed by atoms with van der Waals surface area (Å²) in [7, 11) is 0. The predicted molar refractivity (Wildman–Crippen MR) is 32.4 cm³/mol. The lowest BCUT2D eigenvalue weighted by atomic mass is 10.3. The van der Waals surface area contributed by atoms with Crippen LogP contribution in [0.3, 0.4) is 0 Å². The van der Waals surface area contributed by atoms with Gasteiger partial charge >= 0.3 is 0 Å². The molecule has 1 rings (SSSR count). The molecule has 1 atom stereocenters. The molecule has 1 fully saturated rings. The highest BCUT2D eigenvalue weighted by Gasteiger charge is 2.11. The molecule has 3 N–H and O–H groups in total. The highest BCUT2D eigenvalue weighted by Crippen LogP contribution is 2.27. The zero-order valence-corrected chi connectivity index (χ0v) is 4.80. The van der Waals surface area contributed by atoms with E-state index in [-0.39, 0.29) is 12.6 Å². The van der Waals surface area contributed by atoms with Gasteiger partial charge in [-0.25, -0.2) is 0 Å². The van der Waals surface area contributed by atoms with Gasteiger partial charge in [-0.3, -0.25) is 0 Å². The summed E-state index contributed by atoms with van der Waals surface area (Å²) in [6, 6.07) is -0.118. The van der Waals surface area contributed by atoms with Gasteiger partial charge < -0.3 is 10.8 Å². The molecule has 2 heteroatoms. The molecule has 0 radical (unpaired) electrons. The Balaban J connectivity index is 2.25. The van der Waals surface area contributed by atoms with E-state index in [9.17, 15) is 0 Å². The lowest BCUT2D eigenvalue weighted by Crippen LogP contribution is -2.20. The van der Waals surface area contributed by atoms with Crippen LogP contribution in [0.4, 0.5) is 0 Å². The molecule has 1 saturated carbocycles. The number of rotatable bonds is 2. The van der Waals surface area contributed by atoms with Crippen LogP contribution in [0.2, 0.25) is 0 Å². The van der Waals surface area contributed by atoms with Gasteiger partial charge in [-0.05, 0) is 12.8 Å². The zero-order valence-electron chi connectivity index (χ0n) is 4.80. The minimum Gasteiger partial charge on any atom is -0.394 e. The molecule has 0 bridgehead atoms. The van der Waals surface area contributed by atoms with Crippen molar-refractivity contribution >= 4 is 0 Å². The summed E-state index contributed by atoms with van der Waals surface area (Å²) in [5.74, 6) is 0. The minimum atomic E-state index is -0.118. The van der Waals surface area contributed by atoms with Crippen LogP contribution in [-0.4, -0.2) is 17.8 Å². The molecule has 46 valence electrons. The van der Waals surface area contributed by atoms with E-state index in [2.05, 4.69) is 0 Å². The van der Waals surface area contributed by atoms with E-state index in [0.717, 1.165) is 0 Å². The molecule has 8 heavy (non-hydrogen) atoms. The fourth-order valence-corrected chi connectivity index (χ4v) is 0.594. The van der Waals surface area contributed by atoms with Crippen LogP contribution in [0.5, 0.6) is 0 Å². The smallest absolute Gasteiger partial charge is 0.0618 e. The summed E-state index contributed by atoms with van der Waals surface area (Å²) >= 11 is 0. The van der Waals surface area contributed by atoms with Gasteiger partial charge in [-0.15, -0.1) is 0 Å². The van der Waals surface area contributed by atoms with Gasteiger partial charge in [0.15, 0.2) is 0 Å². The third-order valence-electron chi connectivity index (χ3n) is 1.20. The van der Waals surface area contributed by atoms with Gasteiger partial charge in [0.1, 0.15) is 0 Å². The standard InChI is InChI=1S/C6H11NO/c7-6(4-8)3-5-1-2-5/h3,6,8H,1-2,4,7H2. The molecule has 0 aromatic heterocycles. The van der Waals surface area contributed by atoms with E-state index in [1.54, 1.807) is 0 Å². The fraction of sp³-hybridized carbons (Fsp3) is 0.667. The molecule has 0 amide bonds. The maximum atomic E-state index is 8.44. The monoisotopic (exact) mass is 113 g/mol. The summed E-state index contributed by atoms with van der Waals surface area (Å²) in [4.78, 5) is 0. The van der Waals surface area contributed by atoms with Crippen molar-refractivity contribution in [2.75, 3.05) is 6.61 Å². The summed E-state index contributed by atoms with van der Waals surface area (Å²) in [6.07, 6.45) is 4.32. The van der Waals surface area contributed by atoms with Crippen molar-refractivity contribution in [3.63, 3.8) is 0 Å². The Morgan fingerprint density at radius 1 is 1.75 bits per heavy atom. The summed E-state index contributed by atoms with van der Waals surface area (Å²) in [6.45, 7) is 0.0729. The first-order valence-electron chi connectivity index (χ1n) is 2.89. The van der Waals surface area contributed by atoms with Crippen LogP contribution in [0, 0.1) is 0 Å². The van der Waals surface area contributed by atoms with E-state index in [1.165, 1.54) is 18.4 Å². The Labute approximate surface area is 49.0 Å². The normalized spacial score (nSPS) is 20.5. The molecule has 1 aliphatic rings. The third-order valence-corrected chi connectivity index (χ3v) is 1.20. The second kappa shape index (κ2) is 2.29. The maximum absolute atomic E-state index is 8.44. The average Bonchev–Trinajstić information content (AvgIpc) is 2.50. The van der Waals surface area contributed by atoms with Gasteiger partial charge in [-0.2, -0.15) is 0 Å². The van der Waals surface area contributed by atoms with Crippen molar-refractivity contribution in [1.29, 1.82) is 0 Å². The highest BCUT2D eigenvalue weighted by molar-refractivity contribution is 5.18. The SMILES string of the molecule is NC(C=C1CC1)CO. The number of hydrogen-bond acceptors (Lipinski definition) is 2. The molecule has 0 aromatic carbocycles. The lowest BCUT2D eigenvalue weighted by molar-refractivity contribution is 0.284. The largest absolute Gasteiger partial charge is 0.394 e. The quantitative estimate of drug-likeness (QED) is 0.496. The van der Waals surface area contributed by atoms with Crippen LogP contribution in [-0.2, 0) is 0 Å². The second-order valence-corrected chi connectivity index (χ2v) is 2.17. The van der Waals surface area contributed by atoms with E-state index in [4.69, 9.17) is 10.8 Å². The molecular weight excluding hydrogens is 102 g/mol. The topological polar surface area (TPSA) is 46.2 Å². The summed E-state index contributed by atoms with van der Waals surface area (Å²) < 4.78 is 0. The Bertz CT molecular complexity index is 103. The summed E-state index contributed by atoms with van der Waals surface area (Å²) in [5.41, 5.74) is 6.78. The van der Waals surface area contributed by atoms with Crippen molar-refractivity contribution < 1.29 is 5.11 Å². The highest BCUT2D eigenvalue weighted by atomic mass is 16.3. The number of aliphatic hydroxyl groups excluding tert-OH is 1. The van der Waals surface area contributed by atoms with Crippen molar-refractivity contribution in [3.05, 3.63) is 11.6 Å². The second-order valence-electron chi connectivity index (χ2n) is 2.17.